The molecule has 25 heavy (non-hydrogen) atoms. The van der Waals surface area contributed by atoms with Crippen molar-refractivity contribution in [2.75, 3.05) is 45.9 Å². The molecule has 7 nitrogen and oxygen atoms in total. The molecule has 1 aromatic rings. The largest absolute Gasteiger partial charge is 0.379 e. The molecule has 1 aromatic carbocycles. The van der Waals surface area contributed by atoms with Crippen LogP contribution in [0.1, 0.15) is 29.3 Å². The van der Waals surface area contributed by atoms with Crippen molar-refractivity contribution in [2.24, 2.45) is 10.7 Å². The second-order valence-corrected chi connectivity index (χ2v) is 5.99. The van der Waals surface area contributed by atoms with Crippen LogP contribution in [-0.2, 0) is 11.3 Å². The zero-order valence-corrected chi connectivity index (χ0v) is 15.0. The van der Waals surface area contributed by atoms with Gasteiger partial charge in [-0.2, -0.15) is 0 Å². The van der Waals surface area contributed by atoms with Gasteiger partial charge in [-0.25, -0.2) is 4.99 Å². The molecule has 0 aliphatic carbocycles. The van der Waals surface area contributed by atoms with Crippen LogP contribution in [0.2, 0.25) is 0 Å². The first-order valence-corrected chi connectivity index (χ1v) is 8.90. The van der Waals surface area contributed by atoms with Gasteiger partial charge in [0.05, 0.1) is 19.8 Å². The summed E-state index contributed by atoms with van der Waals surface area (Å²) in [5, 5.41) is 6.60. The van der Waals surface area contributed by atoms with E-state index in [1.165, 1.54) is 0 Å². The molecule has 1 aliphatic heterocycles. The predicted molar refractivity (Wildman–Crippen MR) is 99.7 cm³/mol. The van der Waals surface area contributed by atoms with E-state index in [1.807, 2.05) is 19.1 Å². The number of rotatable bonds is 8. The Balaban J connectivity index is 1.79. The standard InChI is InChI=1S/C18H29N5O2/c1-2-20-18(21-7-4-8-23-9-11-25-12-10-23)22-14-15-5-3-6-16(13-15)17(19)24/h3,5-6,13H,2,4,7-12,14H2,1H3,(H2,19,24)(H2,20,21,22). The van der Waals surface area contributed by atoms with Crippen molar-refractivity contribution < 1.29 is 9.53 Å². The number of aliphatic imine (C=N–C) groups is 1. The zero-order valence-electron chi connectivity index (χ0n) is 15.0. The number of primary amides is 1. The fourth-order valence-electron chi connectivity index (χ4n) is 2.67. The first-order chi connectivity index (χ1) is 12.2. The van der Waals surface area contributed by atoms with E-state index in [1.54, 1.807) is 12.1 Å². The van der Waals surface area contributed by atoms with Crippen molar-refractivity contribution in [3.8, 4) is 0 Å². The van der Waals surface area contributed by atoms with E-state index >= 15 is 0 Å². The number of morpholine rings is 1. The average Bonchev–Trinajstić information content (AvgIpc) is 2.64. The molecule has 1 aliphatic rings. The number of carbonyl (C=O) groups excluding carboxylic acids is 1. The molecular formula is C18H29N5O2. The summed E-state index contributed by atoms with van der Waals surface area (Å²) < 4.78 is 5.36. The summed E-state index contributed by atoms with van der Waals surface area (Å²) in [5.74, 6) is 0.368. The number of hydrogen-bond acceptors (Lipinski definition) is 4. The lowest BCUT2D eigenvalue weighted by Crippen LogP contribution is -2.40. The number of guanidine groups is 1. The van der Waals surface area contributed by atoms with Crippen molar-refractivity contribution >= 4 is 11.9 Å². The number of nitrogens with zero attached hydrogens (tertiary/aromatic N) is 2. The zero-order chi connectivity index (χ0) is 17.9. The average molecular weight is 347 g/mol. The minimum atomic E-state index is -0.418. The number of carbonyl (C=O) groups is 1. The third-order valence-corrected chi connectivity index (χ3v) is 4.02. The highest BCUT2D eigenvalue weighted by molar-refractivity contribution is 5.92. The third kappa shape index (κ3) is 7.11. The molecule has 0 bridgehead atoms. The normalized spacial score (nSPS) is 15.8. The monoisotopic (exact) mass is 347 g/mol. The van der Waals surface area contributed by atoms with E-state index in [2.05, 4.69) is 20.5 Å². The lowest BCUT2D eigenvalue weighted by molar-refractivity contribution is 0.0376. The number of benzene rings is 1. The molecule has 2 rings (SSSR count). The summed E-state index contributed by atoms with van der Waals surface area (Å²) in [6.07, 6.45) is 1.06. The third-order valence-electron chi connectivity index (χ3n) is 4.02. The molecule has 4 N–H and O–H groups in total. The van der Waals surface area contributed by atoms with Crippen molar-refractivity contribution in [1.82, 2.24) is 15.5 Å². The van der Waals surface area contributed by atoms with Gasteiger partial charge in [-0.05, 0) is 37.6 Å². The lowest BCUT2D eigenvalue weighted by Gasteiger charge is -2.26. The van der Waals surface area contributed by atoms with E-state index < -0.39 is 5.91 Å². The SMILES string of the molecule is CCNC(=NCc1cccc(C(N)=O)c1)NCCCN1CCOCC1. The van der Waals surface area contributed by atoms with Crippen LogP contribution in [0.3, 0.4) is 0 Å². The Morgan fingerprint density at radius 1 is 1.32 bits per heavy atom. The molecule has 1 saturated heterocycles. The van der Waals surface area contributed by atoms with Crippen LogP contribution in [0.25, 0.3) is 0 Å². The van der Waals surface area contributed by atoms with Crippen molar-refractivity contribution in [1.29, 1.82) is 0 Å². The van der Waals surface area contributed by atoms with Crippen LogP contribution in [0.4, 0.5) is 0 Å². The van der Waals surface area contributed by atoms with Gasteiger partial charge < -0.3 is 21.1 Å². The van der Waals surface area contributed by atoms with Crippen LogP contribution < -0.4 is 16.4 Å². The fourth-order valence-corrected chi connectivity index (χ4v) is 2.67. The number of hydrogen-bond donors (Lipinski definition) is 3. The van der Waals surface area contributed by atoms with Crippen molar-refractivity contribution in [2.45, 2.75) is 19.9 Å². The maximum Gasteiger partial charge on any atom is 0.248 e. The molecule has 1 heterocycles. The molecule has 0 atom stereocenters. The first kappa shape index (κ1) is 19.2. The second-order valence-electron chi connectivity index (χ2n) is 5.99. The van der Waals surface area contributed by atoms with Crippen molar-refractivity contribution in [3.05, 3.63) is 35.4 Å². The molecule has 0 saturated carbocycles. The van der Waals surface area contributed by atoms with Gasteiger partial charge in [-0.15, -0.1) is 0 Å². The molecule has 0 spiro atoms. The van der Waals surface area contributed by atoms with E-state index in [9.17, 15) is 4.79 Å². The minimum Gasteiger partial charge on any atom is -0.379 e. The van der Waals surface area contributed by atoms with E-state index in [0.717, 1.165) is 63.9 Å². The van der Waals surface area contributed by atoms with Crippen LogP contribution in [0.15, 0.2) is 29.3 Å². The second kappa shape index (κ2) is 10.7. The summed E-state index contributed by atoms with van der Waals surface area (Å²) in [7, 11) is 0. The molecule has 0 radical (unpaired) electrons. The summed E-state index contributed by atoms with van der Waals surface area (Å²) in [6, 6.07) is 7.27. The lowest BCUT2D eigenvalue weighted by atomic mass is 10.1. The Morgan fingerprint density at radius 2 is 2.12 bits per heavy atom. The van der Waals surface area contributed by atoms with Gasteiger partial charge in [-0.3, -0.25) is 9.69 Å². The molecule has 138 valence electrons. The maximum absolute atomic E-state index is 11.2. The number of ether oxygens (including phenoxy) is 1. The van der Waals surface area contributed by atoms with E-state index in [4.69, 9.17) is 10.5 Å². The summed E-state index contributed by atoms with van der Waals surface area (Å²) in [6.45, 7) is 8.98. The van der Waals surface area contributed by atoms with Gasteiger partial charge in [0.25, 0.3) is 0 Å². The molecule has 1 amide bonds. The van der Waals surface area contributed by atoms with E-state index in [0.29, 0.717) is 12.1 Å². The highest BCUT2D eigenvalue weighted by Gasteiger charge is 2.09. The number of amides is 1. The molecule has 1 fully saturated rings. The summed E-state index contributed by atoms with van der Waals surface area (Å²) in [4.78, 5) is 18.2. The number of nitrogens with two attached hydrogens (primary N) is 1. The minimum absolute atomic E-state index is 0.418. The topological polar surface area (TPSA) is 92.0 Å². The molecule has 0 unspecified atom stereocenters. The summed E-state index contributed by atoms with van der Waals surface area (Å²) >= 11 is 0. The Morgan fingerprint density at radius 3 is 2.84 bits per heavy atom. The fraction of sp³-hybridized carbons (Fsp3) is 0.556. The van der Waals surface area contributed by atoms with Crippen LogP contribution >= 0.6 is 0 Å². The first-order valence-electron chi connectivity index (χ1n) is 8.90. The van der Waals surface area contributed by atoms with E-state index in [-0.39, 0.29) is 0 Å². The highest BCUT2D eigenvalue weighted by atomic mass is 16.5. The quantitative estimate of drug-likeness (QED) is 0.363. The smallest absolute Gasteiger partial charge is 0.248 e. The number of nitrogens with one attached hydrogen (secondary N) is 2. The van der Waals surface area contributed by atoms with Gasteiger partial charge in [-0.1, -0.05) is 12.1 Å². The van der Waals surface area contributed by atoms with Gasteiger partial charge in [0, 0.05) is 31.7 Å². The van der Waals surface area contributed by atoms with Crippen molar-refractivity contribution in [3.63, 3.8) is 0 Å². The predicted octanol–water partition coefficient (Wildman–Crippen LogP) is 0.563. The Labute approximate surface area is 149 Å². The van der Waals surface area contributed by atoms with Gasteiger partial charge >= 0.3 is 0 Å². The van der Waals surface area contributed by atoms with Crippen LogP contribution in [0, 0.1) is 0 Å². The van der Waals surface area contributed by atoms with Gasteiger partial charge in [0.15, 0.2) is 5.96 Å². The summed E-state index contributed by atoms with van der Waals surface area (Å²) in [5.41, 5.74) is 6.79. The molecule has 0 aromatic heterocycles. The van der Waals surface area contributed by atoms with Crippen LogP contribution in [0.5, 0.6) is 0 Å². The highest BCUT2D eigenvalue weighted by Crippen LogP contribution is 2.06. The van der Waals surface area contributed by atoms with Crippen LogP contribution in [-0.4, -0.2) is 62.7 Å². The van der Waals surface area contributed by atoms with Gasteiger partial charge in [0.1, 0.15) is 0 Å². The Bertz CT molecular complexity index is 570. The molecule has 7 heteroatoms. The maximum atomic E-state index is 11.2. The molecular weight excluding hydrogens is 318 g/mol. The Hall–Kier alpha value is -2.12. The van der Waals surface area contributed by atoms with Gasteiger partial charge in [0.2, 0.25) is 5.91 Å². The Kier molecular flexibility index (Phi) is 8.21.